The van der Waals surface area contributed by atoms with Crippen molar-refractivity contribution in [3.05, 3.63) is 35.4 Å². The van der Waals surface area contributed by atoms with Crippen LogP contribution < -0.4 is 5.32 Å². The molecule has 0 saturated heterocycles. The van der Waals surface area contributed by atoms with Gasteiger partial charge in [-0.2, -0.15) is 0 Å². The highest BCUT2D eigenvalue weighted by Crippen LogP contribution is 1.98. The minimum Gasteiger partial charge on any atom is -0.392 e. The molecule has 0 heterocycles. The highest BCUT2D eigenvalue weighted by molar-refractivity contribution is 5.74. The Balaban J connectivity index is 0. The van der Waals surface area contributed by atoms with E-state index >= 15 is 0 Å². The highest BCUT2D eigenvalue weighted by atomic mass is 16.3. The van der Waals surface area contributed by atoms with Crippen molar-refractivity contribution in [2.75, 3.05) is 13.6 Å². The molecule has 1 atom stereocenters. The molecule has 17 heavy (non-hydrogen) atoms. The summed E-state index contributed by atoms with van der Waals surface area (Å²) in [6.45, 7) is 8.42. The molecule has 0 unspecified atom stereocenters. The number of carbonyl (C=O) groups is 1. The molecule has 98 valence electrons. The number of nitrogens with one attached hydrogen (secondary N) is 1. The lowest BCUT2D eigenvalue weighted by molar-refractivity contribution is 0.112. The van der Waals surface area contributed by atoms with Crippen LogP contribution in [-0.4, -0.2) is 31.1 Å². The molecule has 3 heteroatoms. The summed E-state index contributed by atoms with van der Waals surface area (Å²) in [5.74, 6) is 0. The Morgan fingerprint density at radius 1 is 1.29 bits per heavy atom. The Morgan fingerprint density at radius 3 is 2.00 bits per heavy atom. The largest absolute Gasteiger partial charge is 0.392 e. The summed E-state index contributed by atoms with van der Waals surface area (Å²) < 4.78 is 0. The molecule has 0 aliphatic carbocycles. The monoisotopic (exact) mass is 239 g/mol. The van der Waals surface area contributed by atoms with Crippen LogP contribution in [0.1, 0.15) is 36.7 Å². The Labute approximate surface area is 105 Å². The normalized spacial score (nSPS) is 10.2. The van der Waals surface area contributed by atoms with Crippen LogP contribution in [0.4, 0.5) is 0 Å². The minimum absolute atomic E-state index is 0.213. The molecule has 0 spiro atoms. The van der Waals surface area contributed by atoms with Crippen LogP contribution in [0.2, 0.25) is 0 Å². The van der Waals surface area contributed by atoms with Gasteiger partial charge in [-0.25, -0.2) is 0 Å². The average molecular weight is 239 g/mol. The smallest absolute Gasteiger partial charge is 0.150 e. The first-order valence-corrected chi connectivity index (χ1v) is 5.94. The number of aliphatic hydroxyl groups excluding tert-OH is 1. The first-order valence-electron chi connectivity index (χ1n) is 5.94. The van der Waals surface area contributed by atoms with Gasteiger partial charge in [-0.15, -0.1) is 0 Å². The van der Waals surface area contributed by atoms with E-state index in [2.05, 4.69) is 5.32 Å². The second kappa shape index (κ2) is 12.9. The topological polar surface area (TPSA) is 49.3 Å². The fourth-order valence-corrected chi connectivity index (χ4v) is 0.940. The molecule has 0 aromatic heterocycles. The summed E-state index contributed by atoms with van der Waals surface area (Å²) >= 11 is 0. The fraction of sp³-hybridized carbons (Fsp3) is 0.500. The van der Waals surface area contributed by atoms with Crippen LogP contribution in [0.25, 0.3) is 0 Å². The van der Waals surface area contributed by atoms with Gasteiger partial charge >= 0.3 is 0 Å². The Bertz CT molecular complexity index is 268. The molecule has 2 N–H and O–H groups in total. The van der Waals surface area contributed by atoms with Crippen LogP contribution in [0.15, 0.2) is 24.3 Å². The molecule has 0 aliphatic heterocycles. The van der Waals surface area contributed by atoms with Crippen LogP contribution in [-0.2, 0) is 0 Å². The summed E-state index contributed by atoms with van der Waals surface area (Å²) in [4.78, 5) is 10.1. The van der Waals surface area contributed by atoms with Crippen LogP contribution >= 0.6 is 0 Å². The molecule has 0 fully saturated rings. The Morgan fingerprint density at radius 2 is 1.76 bits per heavy atom. The lowest BCUT2D eigenvalue weighted by Crippen LogP contribution is -2.19. The van der Waals surface area contributed by atoms with Gasteiger partial charge in [0.25, 0.3) is 0 Å². The van der Waals surface area contributed by atoms with Crippen molar-refractivity contribution in [2.45, 2.75) is 33.8 Å². The van der Waals surface area contributed by atoms with Gasteiger partial charge in [-0.05, 0) is 20.9 Å². The zero-order valence-corrected chi connectivity index (χ0v) is 11.5. The molecule has 1 aromatic carbocycles. The second-order valence-electron chi connectivity index (χ2n) is 3.44. The minimum atomic E-state index is -0.213. The first kappa shape index (κ1) is 18.2. The van der Waals surface area contributed by atoms with Crippen molar-refractivity contribution in [1.29, 1.82) is 0 Å². The maximum Gasteiger partial charge on any atom is 0.150 e. The third-order valence-corrected chi connectivity index (χ3v) is 1.71. The summed E-state index contributed by atoms with van der Waals surface area (Å²) in [6.07, 6.45) is 0.634. The van der Waals surface area contributed by atoms with Gasteiger partial charge in [0.2, 0.25) is 0 Å². The maximum atomic E-state index is 10.1. The number of hydrogen-bond acceptors (Lipinski definition) is 3. The summed E-state index contributed by atoms with van der Waals surface area (Å²) in [5.41, 5.74) is 1.92. The molecule has 1 aromatic rings. The molecular formula is C14H25NO2. The summed E-state index contributed by atoms with van der Waals surface area (Å²) in [5, 5.41) is 11.3. The van der Waals surface area contributed by atoms with E-state index in [1.807, 2.05) is 52.1 Å². The van der Waals surface area contributed by atoms with Crippen molar-refractivity contribution in [3.63, 3.8) is 0 Å². The third kappa shape index (κ3) is 12.7. The molecule has 0 amide bonds. The van der Waals surface area contributed by atoms with Gasteiger partial charge in [-0.3, -0.25) is 4.79 Å². The number of benzene rings is 1. The van der Waals surface area contributed by atoms with Gasteiger partial charge in [0, 0.05) is 12.1 Å². The van der Waals surface area contributed by atoms with E-state index in [-0.39, 0.29) is 6.10 Å². The quantitative estimate of drug-likeness (QED) is 0.796. The van der Waals surface area contributed by atoms with E-state index in [9.17, 15) is 4.79 Å². The third-order valence-electron chi connectivity index (χ3n) is 1.71. The van der Waals surface area contributed by atoms with Crippen LogP contribution in [0.3, 0.4) is 0 Å². The SMILES string of the molecule is CC.CNC[C@@H](C)O.Cc1ccc(C=O)cc1. The number of carbonyl (C=O) groups excluding carboxylic acids is 1. The average Bonchev–Trinajstić information content (AvgIpc) is 2.33. The number of aliphatic hydroxyl groups is 1. The number of rotatable bonds is 3. The Hall–Kier alpha value is -1.19. The first-order chi connectivity index (χ1) is 8.10. The number of aryl methyl sites for hydroxylation is 1. The molecule has 0 bridgehead atoms. The van der Waals surface area contributed by atoms with Gasteiger partial charge < -0.3 is 10.4 Å². The van der Waals surface area contributed by atoms with Gasteiger partial charge in [0.15, 0.2) is 0 Å². The fourth-order valence-electron chi connectivity index (χ4n) is 0.940. The maximum absolute atomic E-state index is 10.1. The molecule has 3 nitrogen and oxygen atoms in total. The number of likely N-dealkylation sites (N-methyl/N-ethyl adjacent to an activating group) is 1. The summed E-state index contributed by atoms with van der Waals surface area (Å²) in [7, 11) is 1.81. The summed E-state index contributed by atoms with van der Waals surface area (Å²) in [6, 6.07) is 7.46. The van der Waals surface area contributed by atoms with Crippen molar-refractivity contribution in [3.8, 4) is 0 Å². The van der Waals surface area contributed by atoms with Crippen molar-refractivity contribution >= 4 is 6.29 Å². The molecule has 1 rings (SSSR count). The van der Waals surface area contributed by atoms with Crippen molar-refractivity contribution < 1.29 is 9.90 Å². The highest BCUT2D eigenvalue weighted by Gasteiger charge is 1.86. The van der Waals surface area contributed by atoms with E-state index in [0.717, 1.165) is 11.8 Å². The lowest BCUT2D eigenvalue weighted by Gasteiger charge is -1.97. The van der Waals surface area contributed by atoms with Crippen LogP contribution in [0.5, 0.6) is 0 Å². The zero-order valence-electron chi connectivity index (χ0n) is 11.5. The van der Waals surface area contributed by atoms with Crippen LogP contribution in [0, 0.1) is 6.92 Å². The van der Waals surface area contributed by atoms with Gasteiger partial charge in [0.05, 0.1) is 6.10 Å². The van der Waals surface area contributed by atoms with E-state index in [4.69, 9.17) is 5.11 Å². The van der Waals surface area contributed by atoms with Gasteiger partial charge in [0.1, 0.15) is 6.29 Å². The number of aldehydes is 1. The molecular weight excluding hydrogens is 214 g/mol. The van der Waals surface area contributed by atoms with E-state index < -0.39 is 0 Å². The van der Waals surface area contributed by atoms with Crippen molar-refractivity contribution in [1.82, 2.24) is 5.32 Å². The molecule has 0 saturated carbocycles. The zero-order chi connectivity index (χ0) is 13.7. The lowest BCUT2D eigenvalue weighted by atomic mass is 10.2. The predicted octanol–water partition coefficient (Wildman–Crippen LogP) is 2.42. The van der Waals surface area contributed by atoms with E-state index in [0.29, 0.717) is 6.54 Å². The van der Waals surface area contributed by atoms with E-state index in [1.165, 1.54) is 5.56 Å². The van der Waals surface area contributed by atoms with E-state index in [1.54, 1.807) is 6.92 Å². The predicted molar refractivity (Wildman–Crippen MR) is 73.5 cm³/mol. The van der Waals surface area contributed by atoms with Gasteiger partial charge in [-0.1, -0.05) is 43.7 Å². The molecule has 0 aliphatic rings. The van der Waals surface area contributed by atoms with Crippen molar-refractivity contribution in [2.24, 2.45) is 0 Å². The Kier molecular flexibility index (Phi) is 13.8. The number of hydrogen-bond donors (Lipinski definition) is 2. The standard InChI is InChI=1S/C8H8O.C4H11NO.C2H6/c1-7-2-4-8(6-9)5-3-7;1-4(6)3-5-2;1-2/h2-6H,1H3;4-6H,3H2,1-2H3;1-2H3/t;4-;/m.1./s1. The molecule has 0 radical (unpaired) electrons. The second-order valence-corrected chi connectivity index (χ2v) is 3.44.